The van der Waals surface area contributed by atoms with Crippen LogP contribution in [0.4, 0.5) is 4.79 Å². The summed E-state index contributed by atoms with van der Waals surface area (Å²) in [5.41, 5.74) is 1.49. The van der Waals surface area contributed by atoms with Crippen LogP contribution in [0.1, 0.15) is 38.3 Å². The summed E-state index contributed by atoms with van der Waals surface area (Å²) in [6.45, 7) is 5.20. The van der Waals surface area contributed by atoms with Gasteiger partial charge in [-0.15, -0.1) is 0 Å². The molecule has 1 N–H and O–H groups in total. The van der Waals surface area contributed by atoms with E-state index in [1.54, 1.807) is 26.8 Å². The number of hydrogen-bond acceptors (Lipinski definition) is 4. The first-order chi connectivity index (χ1) is 10.7. The molecule has 1 aromatic rings. The molecule has 0 spiro atoms. The summed E-state index contributed by atoms with van der Waals surface area (Å²) in [6, 6.07) is 7.48. The molecule has 0 unspecified atom stereocenters. The first kappa shape index (κ1) is 17.1. The van der Waals surface area contributed by atoms with Crippen LogP contribution in [0.5, 0.6) is 0 Å². The minimum Gasteiger partial charge on any atom is -0.507 e. The Morgan fingerprint density at radius 3 is 2.52 bits per heavy atom. The number of aliphatic hydroxyl groups is 1. The molecule has 1 aliphatic rings. The second-order valence-electron chi connectivity index (χ2n) is 6.74. The number of hydrogen-bond donors (Lipinski definition) is 1. The van der Waals surface area contributed by atoms with E-state index in [-0.39, 0.29) is 18.1 Å². The quantitative estimate of drug-likeness (QED) is 0.928. The minimum atomic E-state index is -0.612. The van der Waals surface area contributed by atoms with Gasteiger partial charge < -0.3 is 14.7 Å². The molecule has 1 aliphatic carbocycles. The Bertz CT molecular complexity index is 655. The van der Waals surface area contributed by atoms with Crippen LogP contribution >= 0.6 is 0 Å². The van der Waals surface area contributed by atoms with Crippen LogP contribution < -0.4 is 0 Å². The second-order valence-corrected chi connectivity index (χ2v) is 6.74. The van der Waals surface area contributed by atoms with Gasteiger partial charge in [0.25, 0.3) is 0 Å². The van der Waals surface area contributed by atoms with Crippen molar-refractivity contribution in [3.63, 3.8) is 0 Å². The third-order valence-corrected chi connectivity index (χ3v) is 3.63. The van der Waals surface area contributed by atoms with Crippen LogP contribution in [-0.2, 0) is 16.0 Å². The van der Waals surface area contributed by atoms with Gasteiger partial charge >= 0.3 is 6.09 Å². The van der Waals surface area contributed by atoms with Crippen LogP contribution in [0.15, 0.2) is 29.8 Å². The summed E-state index contributed by atoms with van der Waals surface area (Å²) < 4.78 is 5.23. The van der Waals surface area contributed by atoms with Gasteiger partial charge in [0, 0.05) is 18.2 Å². The predicted molar refractivity (Wildman–Crippen MR) is 88.2 cm³/mol. The first-order valence-corrected chi connectivity index (χ1v) is 7.67. The van der Waals surface area contributed by atoms with Gasteiger partial charge in [0.15, 0.2) is 5.78 Å². The molecule has 1 amide bonds. The van der Waals surface area contributed by atoms with Crippen molar-refractivity contribution in [3.05, 3.63) is 41.0 Å². The van der Waals surface area contributed by atoms with Gasteiger partial charge in [0.1, 0.15) is 11.4 Å². The number of Topliss-reactive ketones (excluding diaryl/α,β-unsaturated/α-hetero) is 1. The molecule has 0 heterocycles. The monoisotopic (exact) mass is 317 g/mol. The van der Waals surface area contributed by atoms with Crippen LogP contribution in [0.25, 0.3) is 5.76 Å². The van der Waals surface area contributed by atoms with E-state index >= 15 is 0 Å². The Kier molecular flexibility index (Phi) is 4.78. The predicted octanol–water partition coefficient (Wildman–Crippen LogP) is 3.34. The number of rotatable bonds is 3. The number of aliphatic hydroxyl groups excluding tert-OH is 1. The highest BCUT2D eigenvalue weighted by atomic mass is 16.6. The van der Waals surface area contributed by atoms with E-state index in [0.717, 1.165) is 5.56 Å². The Hall–Kier alpha value is -2.30. The largest absolute Gasteiger partial charge is 0.507 e. The molecule has 0 aliphatic heterocycles. The number of likely N-dealkylation sites (N-methyl/N-ethyl adjacent to an activating group) is 1. The highest BCUT2D eigenvalue weighted by molar-refractivity contribution is 6.04. The molecule has 0 radical (unpaired) electrons. The van der Waals surface area contributed by atoms with E-state index in [9.17, 15) is 14.7 Å². The van der Waals surface area contributed by atoms with Crippen molar-refractivity contribution in [3.8, 4) is 0 Å². The van der Waals surface area contributed by atoms with E-state index in [2.05, 4.69) is 0 Å². The van der Waals surface area contributed by atoms with Crippen molar-refractivity contribution >= 4 is 17.6 Å². The number of aryl methyl sites for hydroxylation is 1. The molecular weight excluding hydrogens is 294 g/mol. The lowest BCUT2D eigenvalue weighted by molar-refractivity contribution is -0.116. The summed E-state index contributed by atoms with van der Waals surface area (Å²) in [4.78, 5) is 25.6. The van der Waals surface area contributed by atoms with E-state index in [0.29, 0.717) is 24.0 Å². The average molecular weight is 317 g/mol. The van der Waals surface area contributed by atoms with Gasteiger partial charge in [-0.25, -0.2) is 4.79 Å². The van der Waals surface area contributed by atoms with Gasteiger partial charge in [-0.05, 0) is 39.2 Å². The van der Waals surface area contributed by atoms with Crippen molar-refractivity contribution < 1.29 is 19.4 Å². The van der Waals surface area contributed by atoms with Crippen molar-refractivity contribution in [2.45, 2.75) is 39.2 Å². The molecule has 0 saturated heterocycles. The smallest absolute Gasteiger partial charge is 0.410 e. The lowest BCUT2D eigenvalue weighted by Crippen LogP contribution is -2.37. The minimum absolute atomic E-state index is 0.0226. The maximum atomic E-state index is 12.4. The molecule has 23 heavy (non-hydrogen) atoms. The third kappa shape index (κ3) is 4.12. The van der Waals surface area contributed by atoms with Gasteiger partial charge in [-0.3, -0.25) is 4.79 Å². The standard InChI is InChI=1S/C18H23NO4/c1-18(2,3)23-17(22)19(4)11-15(20)14-10-9-12-7-5-6-8-13(12)16(14)21/h5-8,21H,9-11H2,1-4H3. The second kappa shape index (κ2) is 6.44. The summed E-state index contributed by atoms with van der Waals surface area (Å²) >= 11 is 0. The first-order valence-electron chi connectivity index (χ1n) is 7.67. The van der Waals surface area contributed by atoms with Crippen molar-refractivity contribution in [2.75, 3.05) is 13.6 Å². The van der Waals surface area contributed by atoms with Gasteiger partial charge in [-0.1, -0.05) is 24.3 Å². The van der Waals surface area contributed by atoms with E-state index in [4.69, 9.17) is 4.74 Å². The molecule has 5 heteroatoms. The number of fused-ring (bicyclic) bond motifs is 1. The van der Waals surface area contributed by atoms with Crippen molar-refractivity contribution in [2.24, 2.45) is 0 Å². The van der Waals surface area contributed by atoms with Crippen LogP contribution in [0.3, 0.4) is 0 Å². The van der Waals surface area contributed by atoms with Gasteiger partial charge in [0.05, 0.1) is 6.54 Å². The molecule has 0 saturated carbocycles. The molecule has 2 rings (SSSR count). The molecule has 0 bridgehead atoms. The van der Waals surface area contributed by atoms with E-state index in [1.165, 1.54) is 11.9 Å². The number of benzene rings is 1. The maximum Gasteiger partial charge on any atom is 0.410 e. The normalized spacial score (nSPS) is 14.3. The average Bonchev–Trinajstić information content (AvgIpc) is 2.46. The molecule has 1 aromatic carbocycles. The molecule has 5 nitrogen and oxygen atoms in total. The van der Waals surface area contributed by atoms with Gasteiger partial charge in [-0.2, -0.15) is 0 Å². The SMILES string of the molecule is CN(CC(=O)C1=C(O)c2ccccc2CC1)C(=O)OC(C)(C)C. The number of amides is 1. The zero-order chi connectivity index (χ0) is 17.2. The number of ketones is 1. The zero-order valence-electron chi connectivity index (χ0n) is 14.0. The molecule has 0 atom stereocenters. The summed E-state index contributed by atoms with van der Waals surface area (Å²) in [7, 11) is 1.51. The van der Waals surface area contributed by atoms with Crippen LogP contribution in [-0.4, -0.2) is 41.1 Å². The number of ether oxygens (including phenoxy) is 1. The lowest BCUT2D eigenvalue weighted by Gasteiger charge is -2.25. The fourth-order valence-corrected chi connectivity index (χ4v) is 2.50. The fraction of sp³-hybridized carbons (Fsp3) is 0.444. The maximum absolute atomic E-state index is 12.4. The molecule has 0 fully saturated rings. The van der Waals surface area contributed by atoms with Crippen LogP contribution in [0.2, 0.25) is 0 Å². The highest BCUT2D eigenvalue weighted by Crippen LogP contribution is 2.29. The highest BCUT2D eigenvalue weighted by Gasteiger charge is 2.26. The Balaban J connectivity index is 2.11. The molecule has 0 aromatic heterocycles. The third-order valence-electron chi connectivity index (χ3n) is 3.63. The van der Waals surface area contributed by atoms with E-state index in [1.807, 2.05) is 18.2 Å². The lowest BCUT2D eigenvalue weighted by atomic mass is 9.88. The van der Waals surface area contributed by atoms with Crippen molar-refractivity contribution in [1.29, 1.82) is 0 Å². The Labute approximate surface area is 136 Å². The molecular formula is C18H23NO4. The van der Waals surface area contributed by atoms with Gasteiger partial charge in [0.2, 0.25) is 0 Å². The summed E-state index contributed by atoms with van der Waals surface area (Å²) in [5, 5.41) is 10.4. The number of nitrogens with zero attached hydrogens (tertiary/aromatic N) is 1. The zero-order valence-corrected chi connectivity index (χ0v) is 14.0. The number of carbonyl (C=O) groups is 2. The van der Waals surface area contributed by atoms with E-state index < -0.39 is 11.7 Å². The fourth-order valence-electron chi connectivity index (χ4n) is 2.50. The Morgan fingerprint density at radius 2 is 1.87 bits per heavy atom. The Morgan fingerprint density at radius 1 is 1.22 bits per heavy atom. The summed E-state index contributed by atoms with van der Waals surface area (Å²) in [6.07, 6.45) is 0.628. The molecule has 124 valence electrons. The van der Waals surface area contributed by atoms with Crippen LogP contribution in [0, 0.1) is 0 Å². The van der Waals surface area contributed by atoms with Crippen molar-refractivity contribution in [1.82, 2.24) is 4.90 Å². The topological polar surface area (TPSA) is 66.8 Å². The summed E-state index contributed by atoms with van der Waals surface area (Å²) in [5.74, 6) is -0.236. The number of carbonyl (C=O) groups excluding carboxylic acids is 2.